The summed E-state index contributed by atoms with van der Waals surface area (Å²) >= 11 is 0. The summed E-state index contributed by atoms with van der Waals surface area (Å²) in [7, 11) is 0. The van der Waals surface area contributed by atoms with Gasteiger partial charge in [0.05, 0.1) is 23.8 Å². The van der Waals surface area contributed by atoms with E-state index in [1.54, 1.807) is 6.92 Å². The SMILES string of the molecule is CCOC(=O)C1=C(C)NC(=O)N[C@@H]1c1ccc(C(F)(F)F)cc1. The molecule has 1 aliphatic heterocycles. The van der Waals surface area contributed by atoms with E-state index >= 15 is 0 Å². The van der Waals surface area contributed by atoms with Crippen LogP contribution in [0.2, 0.25) is 0 Å². The summed E-state index contributed by atoms with van der Waals surface area (Å²) in [6.45, 7) is 3.31. The van der Waals surface area contributed by atoms with Gasteiger partial charge in [-0.25, -0.2) is 9.59 Å². The van der Waals surface area contributed by atoms with Crippen LogP contribution in [0.25, 0.3) is 0 Å². The number of esters is 1. The molecule has 2 rings (SSSR count). The molecular weight excluding hydrogens is 313 g/mol. The van der Waals surface area contributed by atoms with E-state index in [4.69, 9.17) is 4.74 Å². The van der Waals surface area contributed by atoms with Gasteiger partial charge in [-0.3, -0.25) is 0 Å². The largest absolute Gasteiger partial charge is 0.463 e. The Morgan fingerprint density at radius 1 is 1.26 bits per heavy atom. The molecule has 0 spiro atoms. The third kappa shape index (κ3) is 3.64. The molecular formula is C15H15F3N2O3. The minimum atomic E-state index is -4.45. The van der Waals surface area contributed by atoms with E-state index < -0.39 is 29.8 Å². The number of benzene rings is 1. The molecule has 2 amide bonds. The predicted octanol–water partition coefficient (Wildman–Crippen LogP) is 2.90. The van der Waals surface area contributed by atoms with Gasteiger partial charge in [-0.1, -0.05) is 12.1 Å². The summed E-state index contributed by atoms with van der Waals surface area (Å²) in [5.74, 6) is -0.637. The first-order valence-electron chi connectivity index (χ1n) is 6.86. The number of hydrogen-bond donors (Lipinski definition) is 2. The highest BCUT2D eigenvalue weighted by Crippen LogP contribution is 2.32. The van der Waals surface area contributed by atoms with Crippen LogP contribution in [-0.4, -0.2) is 18.6 Å². The number of nitrogens with one attached hydrogen (secondary N) is 2. The summed E-state index contributed by atoms with van der Waals surface area (Å²) in [5.41, 5.74) is 0.0125. The summed E-state index contributed by atoms with van der Waals surface area (Å²) in [4.78, 5) is 23.7. The van der Waals surface area contributed by atoms with Crippen LogP contribution in [-0.2, 0) is 15.7 Å². The molecule has 0 aromatic heterocycles. The van der Waals surface area contributed by atoms with E-state index in [2.05, 4.69) is 10.6 Å². The summed E-state index contributed by atoms with van der Waals surface area (Å²) in [6, 6.07) is 2.85. The second-order valence-electron chi connectivity index (χ2n) is 4.91. The van der Waals surface area contributed by atoms with Gasteiger partial charge < -0.3 is 15.4 Å². The van der Waals surface area contributed by atoms with Crippen molar-refractivity contribution in [2.24, 2.45) is 0 Å². The minimum absolute atomic E-state index is 0.142. The standard InChI is InChI=1S/C15H15F3N2O3/c1-3-23-13(21)11-8(2)19-14(22)20-12(11)9-4-6-10(7-5-9)15(16,17)18/h4-7,12H,3H2,1-2H3,(H2,19,20,22)/t12-/m1/s1. The fourth-order valence-electron chi connectivity index (χ4n) is 2.29. The number of allylic oxidation sites excluding steroid dienone is 1. The lowest BCUT2D eigenvalue weighted by Crippen LogP contribution is -2.45. The number of hydrogen-bond acceptors (Lipinski definition) is 3. The molecule has 1 atom stereocenters. The quantitative estimate of drug-likeness (QED) is 0.839. The molecule has 23 heavy (non-hydrogen) atoms. The highest BCUT2D eigenvalue weighted by atomic mass is 19.4. The van der Waals surface area contributed by atoms with E-state index in [9.17, 15) is 22.8 Å². The van der Waals surface area contributed by atoms with Gasteiger partial charge in [-0.2, -0.15) is 13.2 Å². The number of ether oxygens (including phenoxy) is 1. The third-order valence-electron chi connectivity index (χ3n) is 3.34. The summed E-state index contributed by atoms with van der Waals surface area (Å²) < 4.78 is 42.8. The van der Waals surface area contributed by atoms with Crippen molar-refractivity contribution in [1.82, 2.24) is 10.6 Å². The normalized spacial score (nSPS) is 18.3. The van der Waals surface area contributed by atoms with Crippen molar-refractivity contribution in [2.45, 2.75) is 26.1 Å². The van der Waals surface area contributed by atoms with Crippen LogP contribution >= 0.6 is 0 Å². The Morgan fingerprint density at radius 3 is 2.39 bits per heavy atom. The Morgan fingerprint density at radius 2 is 1.87 bits per heavy atom. The van der Waals surface area contributed by atoms with Crippen molar-refractivity contribution < 1.29 is 27.5 Å². The maximum atomic E-state index is 12.6. The van der Waals surface area contributed by atoms with Gasteiger partial charge in [0.25, 0.3) is 0 Å². The van der Waals surface area contributed by atoms with Crippen molar-refractivity contribution in [2.75, 3.05) is 6.61 Å². The molecule has 0 aliphatic carbocycles. The van der Waals surface area contributed by atoms with E-state index in [0.29, 0.717) is 11.3 Å². The lowest BCUT2D eigenvalue weighted by molar-refractivity contribution is -0.139. The van der Waals surface area contributed by atoms with E-state index in [1.807, 2.05) is 0 Å². The van der Waals surface area contributed by atoms with Crippen LogP contribution in [0.4, 0.5) is 18.0 Å². The zero-order valence-electron chi connectivity index (χ0n) is 12.5. The second kappa shape index (κ2) is 6.31. The van der Waals surface area contributed by atoms with Crippen LogP contribution in [0.15, 0.2) is 35.5 Å². The van der Waals surface area contributed by atoms with Gasteiger partial charge in [0.15, 0.2) is 0 Å². The van der Waals surface area contributed by atoms with Gasteiger partial charge in [0, 0.05) is 5.70 Å². The average Bonchev–Trinajstić information content (AvgIpc) is 2.45. The molecule has 0 saturated carbocycles. The van der Waals surface area contributed by atoms with Crippen LogP contribution in [0, 0.1) is 0 Å². The number of amides is 2. The average molecular weight is 328 g/mol. The van der Waals surface area contributed by atoms with Gasteiger partial charge in [0.1, 0.15) is 0 Å². The van der Waals surface area contributed by atoms with Crippen molar-refractivity contribution in [3.8, 4) is 0 Å². The fourth-order valence-corrected chi connectivity index (χ4v) is 2.29. The summed E-state index contributed by atoms with van der Waals surface area (Å²) in [5, 5.41) is 4.97. The number of alkyl halides is 3. The smallest absolute Gasteiger partial charge is 0.416 e. The second-order valence-corrected chi connectivity index (χ2v) is 4.91. The molecule has 1 aromatic carbocycles. The van der Waals surface area contributed by atoms with Gasteiger partial charge in [0.2, 0.25) is 0 Å². The fraction of sp³-hybridized carbons (Fsp3) is 0.333. The first-order valence-corrected chi connectivity index (χ1v) is 6.86. The zero-order valence-corrected chi connectivity index (χ0v) is 12.5. The number of urea groups is 1. The monoisotopic (exact) mass is 328 g/mol. The lowest BCUT2D eigenvalue weighted by atomic mass is 9.95. The van der Waals surface area contributed by atoms with Crippen LogP contribution in [0.5, 0.6) is 0 Å². The molecule has 124 valence electrons. The van der Waals surface area contributed by atoms with Crippen LogP contribution < -0.4 is 10.6 Å². The Hall–Kier alpha value is -2.51. The molecule has 8 heteroatoms. The van der Waals surface area contributed by atoms with Crippen LogP contribution in [0.3, 0.4) is 0 Å². The van der Waals surface area contributed by atoms with Crippen molar-refractivity contribution in [1.29, 1.82) is 0 Å². The minimum Gasteiger partial charge on any atom is -0.463 e. The Labute approximate surface area is 130 Å². The number of rotatable bonds is 3. The molecule has 5 nitrogen and oxygen atoms in total. The van der Waals surface area contributed by atoms with Crippen molar-refractivity contribution in [3.05, 3.63) is 46.7 Å². The Kier molecular flexibility index (Phi) is 4.63. The number of carbonyl (C=O) groups excluding carboxylic acids is 2. The molecule has 1 heterocycles. The number of halogens is 3. The highest BCUT2D eigenvalue weighted by Gasteiger charge is 2.34. The van der Waals surface area contributed by atoms with Crippen LogP contribution in [0.1, 0.15) is 31.0 Å². The molecule has 1 aliphatic rings. The first-order chi connectivity index (χ1) is 10.7. The maximum Gasteiger partial charge on any atom is 0.416 e. The van der Waals surface area contributed by atoms with Gasteiger partial charge >= 0.3 is 18.2 Å². The molecule has 0 unspecified atom stereocenters. The van der Waals surface area contributed by atoms with Gasteiger partial charge in [-0.15, -0.1) is 0 Å². The van der Waals surface area contributed by atoms with Crippen molar-refractivity contribution >= 4 is 12.0 Å². The van der Waals surface area contributed by atoms with E-state index in [-0.39, 0.29) is 12.2 Å². The highest BCUT2D eigenvalue weighted by molar-refractivity contribution is 5.95. The Bertz CT molecular complexity index is 651. The zero-order chi connectivity index (χ0) is 17.2. The molecule has 1 aromatic rings. The third-order valence-corrected chi connectivity index (χ3v) is 3.34. The van der Waals surface area contributed by atoms with E-state index in [0.717, 1.165) is 12.1 Å². The topological polar surface area (TPSA) is 67.4 Å². The molecule has 0 saturated heterocycles. The van der Waals surface area contributed by atoms with E-state index in [1.165, 1.54) is 19.1 Å². The van der Waals surface area contributed by atoms with Gasteiger partial charge in [-0.05, 0) is 31.5 Å². The first kappa shape index (κ1) is 16.9. The Balaban J connectivity index is 2.40. The summed E-state index contributed by atoms with van der Waals surface area (Å²) in [6.07, 6.45) is -4.45. The molecule has 0 radical (unpaired) electrons. The molecule has 0 fully saturated rings. The number of carbonyl (C=O) groups is 2. The lowest BCUT2D eigenvalue weighted by Gasteiger charge is -2.28. The predicted molar refractivity (Wildman–Crippen MR) is 75.2 cm³/mol. The maximum absolute atomic E-state index is 12.6. The molecule has 2 N–H and O–H groups in total. The molecule has 0 bridgehead atoms. The van der Waals surface area contributed by atoms with Crippen molar-refractivity contribution in [3.63, 3.8) is 0 Å².